The lowest BCUT2D eigenvalue weighted by Gasteiger charge is -1.84. The molecule has 0 aliphatic heterocycles. The van der Waals surface area contributed by atoms with Crippen molar-refractivity contribution in [3.63, 3.8) is 0 Å². The molecule has 0 fully saturated rings. The van der Waals surface area contributed by atoms with Crippen molar-refractivity contribution in [2.24, 2.45) is 0 Å². The molecule has 0 radical (unpaired) electrons. The van der Waals surface area contributed by atoms with Gasteiger partial charge in [-0.05, 0) is 6.42 Å². The van der Waals surface area contributed by atoms with Gasteiger partial charge < -0.3 is 20.1 Å². The van der Waals surface area contributed by atoms with Crippen molar-refractivity contribution in [2.45, 2.75) is 6.42 Å². The lowest BCUT2D eigenvalue weighted by atomic mass is 10.5. The Morgan fingerprint density at radius 3 is 1.50 bits per heavy atom. The Hall–Kier alpha value is -0.160. The zero-order chi connectivity index (χ0) is 8.24. The summed E-state index contributed by atoms with van der Waals surface area (Å²) in [7, 11) is 1.55. The lowest BCUT2D eigenvalue weighted by Crippen LogP contribution is -1.91. The van der Waals surface area contributed by atoms with Crippen LogP contribution in [0.3, 0.4) is 0 Å². The van der Waals surface area contributed by atoms with Crippen LogP contribution in [0, 0.1) is 0 Å². The summed E-state index contributed by atoms with van der Waals surface area (Å²) in [6.07, 6.45) is 0.500. The molecule has 0 aromatic carbocycles. The summed E-state index contributed by atoms with van der Waals surface area (Å²) < 4.78 is 4.44. The van der Waals surface area contributed by atoms with Gasteiger partial charge in [-0.25, -0.2) is 0 Å². The van der Waals surface area contributed by atoms with Gasteiger partial charge in [0.2, 0.25) is 0 Å². The first-order chi connectivity index (χ1) is 4.83. The minimum atomic E-state index is 0.0938. The van der Waals surface area contributed by atoms with Crippen LogP contribution in [0.4, 0.5) is 0 Å². The van der Waals surface area contributed by atoms with Crippen LogP contribution < -0.4 is 0 Å². The molecular weight excluding hydrogens is 136 g/mol. The molecular formula is C6H16O4. The van der Waals surface area contributed by atoms with E-state index in [2.05, 4.69) is 4.74 Å². The minimum absolute atomic E-state index is 0.0938. The Morgan fingerprint density at radius 2 is 1.50 bits per heavy atom. The Balaban J connectivity index is 0. The molecule has 4 nitrogen and oxygen atoms in total. The highest BCUT2D eigenvalue weighted by Crippen LogP contribution is 1.65. The van der Waals surface area contributed by atoms with E-state index in [9.17, 15) is 0 Å². The monoisotopic (exact) mass is 152 g/mol. The largest absolute Gasteiger partial charge is 0.396 e. The van der Waals surface area contributed by atoms with Gasteiger partial charge in [-0.1, -0.05) is 0 Å². The fraction of sp³-hybridized carbons (Fsp3) is 1.00. The summed E-state index contributed by atoms with van der Waals surface area (Å²) in [6, 6.07) is 0. The van der Waals surface area contributed by atoms with Crippen molar-refractivity contribution in [1.29, 1.82) is 0 Å². The van der Waals surface area contributed by atoms with Crippen molar-refractivity contribution in [2.75, 3.05) is 33.5 Å². The number of methoxy groups -OCH3 is 1. The highest BCUT2D eigenvalue weighted by Gasteiger charge is 1.70. The number of aliphatic hydroxyl groups is 3. The third kappa shape index (κ3) is 24.9. The minimum Gasteiger partial charge on any atom is -0.396 e. The summed E-state index contributed by atoms with van der Waals surface area (Å²) in [5.41, 5.74) is 0. The molecule has 0 aliphatic rings. The Labute approximate surface area is 61.1 Å². The van der Waals surface area contributed by atoms with Gasteiger partial charge in [0.25, 0.3) is 0 Å². The van der Waals surface area contributed by atoms with E-state index in [1.807, 2.05) is 0 Å². The molecule has 0 aromatic heterocycles. The van der Waals surface area contributed by atoms with Gasteiger partial charge >= 0.3 is 0 Å². The van der Waals surface area contributed by atoms with Crippen LogP contribution in [0.15, 0.2) is 0 Å². The summed E-state index contributed by atoms with van der Waals surface area (Å²) in [6.45, 7) is 0.753. The van der Waals surface area contributed by atoms with Gasteiger partial charge in [-0.3, -0.25) is 0 Å². The average Bonchev–Trinajstić information content (AvgIpc) is 1.93. The zero-order valence-corrected chi connectivity index (χ0v) is 6.29. The lowest BCUT2D eigenvalue weighted by molar-refractivity contribution is 0.135. The topological polar surface area (TPSA) is 69.9 Å². The van der Waals surface area contributed by atoms with E-state index in [0.717, 1.165) is 0 Å². The number of ether oxygens (including phenoxy) is 1. The van der Waals surface area contributed by atoms with Gasteiger partial charge in [0.15, 0.2) is 0 Å². The van der Waals surface area contributed by atoms with E-state index in [4.69, 9.17) is 15.3 Å². The van der Waals surface area contributed by atoms with E-state index in [1.54, 1.807) is 7.11 Å². The molecule has 0 bridgehead atoms. The van der Waals surface area contributed by atoms with Crippen molar-refractivity contribution < 1.29 is 20.1 Å². The molecule has 64 valence electrons. The first-order valence-corrected chi connectivity index (χ1v) is 3.15. The van der Waals surface area contributed by atoms with Crippen molar-refractivity contribution in [3.8, 4) is 0 Å². The molecule has 0 heterocycles. The molecule has 4 heteroatoms. The van der Waals surface area contributed by atoms with Gasteiger partial charge in [0, 0.05) is 20.3 Å². The van der Waals surface area contributed by atoms with Crippen LogP contribution in [0.2, 0.25) is 0 Å². The van der Waals surface area contributed by atoms with Crippen LogP contribution in [0.5, 0.6) is 0 Å². The first-order valence-electron chi connectivity index (χ1n) is 3.15. The van der Waals surface area contributed by atoms with Crippen LogP contribution >= 0.6 is 0 Å². The van der Waals surface area contributed by atoms with Gasteiger partial charge in [0.05, 0.1) is 13.2 Å². The summed E-state index contributed by atoms with van der Waals surface area (Å²) in [4.78, 5) is 0. The van der Waals surface area contributed by atoms with E-state index in [-0.39, 0.29) is 19.8 Å². The van der Waals surface area contributed by atoms with E-state index in [0.29, 0.717) is 13.0 Å². The maximum atomic E-state index is 7.94. The molecule has 0 atom stereocenters. The second kappa shape index (κ2) is 15.9. The maximum absolute atomic E-state index is 7.94. The molecule has 0 saturated heterocycles. The van der Waals surface area contributed by atoms with Gasteiger partial charge in [0.1, 0.15) is 0 Å². The van der Waals surface area contributed by atoms with Crippen LogP contribution in [0.25, 0.3) is 0 Å². The quantitative estimate of drug-likeness (QED) is 0.482. The normalized spacial score (nSPS) is 8.40. The zero-order valence-electron chi connectivity index (χ0n) is 6.29. The molecule has 0 amide bonds. The fourth-order valence-electron chi connectivity index (χ4n) is 0.162. The Morgan fingerprint density at radius 1 is 1.00 bits per heavy atom. The molecule has 10 heavy (non-hydrogen) atoms. The second-order valence-corrected chi connectivity index (χ2v) is 1.52. The summed E-state index contributed by atoms with van der Waals surface area (Å²) in [5, 5.41) is 23.8. The third-order valence-corrected chi connectivity index (χ3v) is 0.612. The van der Waals surface area contributed by atoms with Gasteiger partial charge in [-0.15, -0.1) is 0 Å². The first kappa shape index (κ1) is 12.5. The average molecular weight is 152 g/mol. The molecule has 0 rings (SSSR count). The third-order valence-electron chi connectivity index (χ3n) is 0.612. The van der Waals surface area contributed by atoms with E-state index in [1.165, 1.54) is 0 Å². The number of rotatable bonds is 4. The molecule has 0 aliphatic carbocycles. The van der Waals surface area contributed by atoms with Crippen molar-refractivity contribution >= 4 is 0 Å². The van der Waals surface area contributed by atoms with Crippen LogP contribution in [-0.2, 0) is 4.74 Å². The van der Waals surface area contributed by atoms with E-state index >= 15 is 0 Å². The van der Waals surface area contributed by atoms with Crippen molar-refractivity contribution in [3.05, 3.63) is 0 Å². The molecule has 0 saturated carbocycles. The predicted octanol–water partition coefficient (Wildman–Crippen LogP) is -1.01. The maximum Gasteiger partial charge on any atom is 0.0693 e. The van der Waals surface area contributed by atoms with Gasteiger partial charge in [-0.2, -0.15) is 0 Å². The number of hydrogen-bond acceptors (Lipinski definition) is 4. The molecule has 3 N–H and O–H groups in total. The second-order valence-electron chi connectivity index (χ2n) is 1.52. The highest BCUT2D eigenvalue weighted by molar-refractivity contribution is 4.22. The molecule has 0 spiro atoms. The molecule has 0 aromatic rings. The standard InChI is InChI=1S/2C3H8O2/c1-5-3-2-4;4-2-1-3-5/h4H,2-3H2,1H3;4-5H,1-3H2. The molecule has 0 unspecified atom stereocenters. The fourth-order valence-corrected chi connectivity index (χ4v) is 0.162. The Kier molecular flexibility index (Phi) is 19.9. The SMILES string of the molecule is COCCO.OCCCO. The summed E-state index contributed by atoms with van der Waals surface area (Å²) in [5.74, 6) is 0. The summed E-state index contributed by atoms with van der Waals surface area (Å²) >= 11 is 0. The predicted molar refractivity (Wildman–Crippen MR) is 37.8 cm³/mol. The van der Waals surface area contributed by atoms with Crippen LogP contribution in [-0.4, -0.2) is 48.9 Å². The van der Waals surface area contributed by atoms with Crippen molar-refractivity contribution in [1.82, 2.24) is 0 Å². The number of hydrogen-bond donors (Lipinski definition) is 3. The Bertz CT molecular complexity index is 30.7. The smallest absolute Gasteiger partial charge is 0.0693 e. The van der Waals surface area contributed by atoms with Crippen LogP contribution in [0.1, 0.15) is 6.42 Å². The van der Waals surface area contributed by atoms with E-state index < -0.39 is 0 Å². The number of aliphatic hydroxyl groups excluding tert-OH is 3. The highest BCUT2D eigenvalue weighted by atomic mass is 16.5.